The van der Waals surface area contributed by atoms with Crippen LogP contribution in [-0.2, 0) is 0 Å². The van der Waals surface area contributed by atoms with Gasteiger partial charge in [0, 0.05) is 12.8 Å². The summed E-state index contributed by atoms with van der Waals surface area (Å²) in [7, 11) is 0. The molecule has 0 bridgehead atoms. The summed E-state index contributed by atoms with van der Waals surface area (Å²) < 4.78 is 0. The van der Waals surface area contributed by atoms with E-state index in [0.717, 1.165) is 24.7 Å². The van der Waals surface area contributed by atoms with Crippen LogP contribution < -0.4 is 0 Å². The molecule has 0 saturated heterocycles. The minimum atomic E-state index is 0.903. The van der Waals surface area contributed by atoms with Crippen molar-refractivity contribution >= 4 is 0 Å². The molecule has 25 heavy (non-hydrogen) atoms. The van der Waals surface area contributed by atoms with Gasteiger partial charge < -0.3 is 0 Å². The zero-order valence-corrected chi connectivity index (χ0v) is 18.2. The summed E-state index contributed by atoms with van der Waals surface area (Å²) in [5.74, 6) is 8.67. The van der Waals surface area contributed by atoms with Crippen molar-refractivity contribution in [3.05, 3.63) is 0 Å². The van der Waals surface area contributed by atoms with Crippen LogP contribution >= 0.6 is 0 Å². The third-order valence-electron chi connectivity index (χ3n) is 5.78. The molecule has 0 nitrogen and oxygen atoms in total. The van der Waals surface area contributed by atoms with E-state index in [1.807, 2.05) is 0 Å². The highest BCUT2D eigenvalue weighted by Gasteiger charge is 2.14. The van der Waals surface area contributed by atoms with Crippen LogP contribution in [0.2, 0.25) is 0 Å². The summed E-state index contributed by atoms with van der Waals surface area (Å²) in [4.78, 5) is 0. The molecule has 0 aliphatic carbocycles. The minimum Gasteiger partial charge on any atom is -0.103 e. The Morgan fingerprint density at radius 1 is 0.560 bits per heavy atom. The van der Waals surface area contributed by atoms with Crippen molar-refractivity contribution in [2.24, 2.45) is 11.8 Å². The maximum absolute atomic E-state index is 3.41. The van der Waals surface area contributed by atoms with Gasteiger partial charge in [0.05, 0.1) is 0 Å². The molecule has 0 heterocycles. The average molecular weight is 349 g/mol. The summed E-state index contributed by atoms with van der Waals surface area (Å²) in [6.07, 6.45) is 23.1. The molecule has 0 aromatic rings. The zero-order valence-electron chi connectivity index (χ0n) is 18.2. The summed E-state index contributed by atoms with van der Waals surface area (Å²) in [5.41, 5.74) is 0. The molecule has 0 aliphatic rings. The molecular weight excluding hydrogens is 300 g/mol. The zero-order chi connectivity index (χ0) is 18.6. The molecule has 0 spiro atoms. The number of unbranched alkanes of at least 4 members (excludes halogenated alkanes) is 11. The summed E-state index contributed by atoms with van der Waals surface area (Å²) in [6.45, 7) is 9.41. The first-order valence-corrected chi connectivity index (χ1v) is 11.7. The predicted molar refractivity (Wildman–Crippen MR) is 116 cm³/mol. The fourth-order valence-corrected chi connectivity index (χ4v) is 3.67. The van der Waals surface area contributed by atoms with Gasteiger partial charge in [0.1, 0.15) is 0 Å². The van der Waals surface area contributed by atoms with Crippen LogP contribution in [0, 0.1) is 23.7 Å². The summed E-state index contributed by atoms with van der Waals surface area (Å²) >= 11 is 0. The van der Waals surface area contributed by atoms with E-state index in [2.05, 4.69) is 39.5 Å². The van der Waals surface area contributed by atoms with Gasteiger partial charge in [-0.3, -0.25) is 0 Å². The van der Waals surface area contributed by atoms with E-state index in [1.54, 1.807) is 0 Å². The maximum Gasteiger partial charge on any atom is 0.00886 e. The molecule has 2 atom stereocenters. The predicted octanol–water partition coefficient (Wildman–Crippen LogP) is 8.93. The van der Waals surface area contributed by atoms with Crippen LogP contribution in [0.4, 0.5) is 0 Å². The van der Waals surface area contributed by atoms with E-state index in [-0.39, 0.29) is 0 Å². The quantitative estimate of drug-likeness (QED) is 0.182. The Labute approximate surface area is 160 Å². The van der Waals surface area contributed by atoms with Crippen molar-refractivity contribution in [2.45, 2.75) is 137 Å². The van der Waals surface area contributed by atoms with Gasteiger partial charge in [0.2, 0.25) is 0 Å². The molecule has 0 fully saturated rings. The van der Waals surface area contributed by atoms with Gasteiger partial charge in [-0.1, -0.05) is 111 Å². The summed E-state index contributed by atoms with van der Waals surface area (Å²) in [5, 5.41) is 0. The third-order valence-corrected chi connectivity index (χ3v) is 5.78. The van der Waals surface area contributed by atoms with E-state index in [9.17, 15) is 0 Å². The first-order chi connectivity index (χ1) is 12.3. The van der Waals surface area contributed by atoms with E-state index in [4.69, 9.17) is 0 Å². The Morgan fingerprint density at radius 2 is 1.00 bits per heavy atom. The van der Waals surface area contributed by atoms with Crippen molar-refractivity contribution < 1.29 is 0 Å². The van der Waals surface area contributed by atoms with E-state index >= 15 is 0 Å². The van der Waals surface area contributed by atoms with Crippen LogP contribution in [-0.4, -0.2) is 0 Å². The van der Waals surface area contributed by atoms with Crippen molar-refractivity contribution in [1.82, 2.24) is 0 Å². The minimum absolute atomic E-state index is 0.903. The van der Waals surface area contributed by atoms with Crippen molar-refractivity contribution in [3.63, 3.8) is 0 Å². The standard InChI is InChI=1S/C25H48/c1-5-8-10-12-13-14-15-16-17-18-19-21-23-25(24(4)7-3)22-20-11-9-6-2/h24-25H,5-15,18-23H2,1-4H3. The Hall–Kier alpha value is -0.440. The lowest BCUT2D eigenvalue weighted by Crippen LogP contribution is -2.11. The van der Waals surface area contributed by atoms with Gasteiger partial charge in [-0.2, -0.15) is 0 Å². The molecule has 0 saturated carbocycles. The highest BCUT2D eigenvalue weighted by Crippen LogP contribution is 2.27. The Bertz CT molecular complexity index is 306. The second kappa shape index (κ2) is 19.9. The molecule has 0 radical (unpaired) electrons. The van der Waals surface area contributed by atoms with Crippen molar-refractivity contribution in [2.75, 3.05) is 0 Å². The van der Waals surface area contributed by atoms with Crippen molar-refractivity contribution in [3.8, 4) is 11.8 Å². The molecule has 0 amide bonds. The van der Waals surface area contributed by atoms with Gasteiger partial charge in [-0.15, -0.1) is 11.8 Å². The average Bonchev–Trinajstić information content (AvgIpc) is 2.63. The lowest BCUT2D eigenvalue weighted by molar-refractivity contribution is 0.290. The lowest BCUT2D eigenvalue weighted by atomic mass is 9.83. The second-order valence-electron chi connectivity index (χ2n) is 8.11. The Kier molecular flexibility index (Phi) is 19.5. The van der Waals surface area contributed by atoms with Crippen LogP contribution in [0.25, 0.3) is 0 Å². The van der Waals surface area contributed by atoms with Gasteiger partial charge in [-0.25, -0.2) is 0 Å². The van der Waals surface area contributed by atoms with Crippen LogP contribution in [0.5, 0.6) is 0 Å². The first-order valence-electron chi connectivity index (χ1n) is 11.7. The molecule has 2 unspecified atom stereocenters. The molecular formula is C25H48. The number of hydrogen-bond acceptors (Lipinski definition) is 0. The van der Waals surface area contributed by atoms with Crippen molar-refractivity contribution in [1.29, 1.82) is 0 Å². The lowest BCUT2D eigenvalue weighted by Gasteiger charge is -2.23. The first kappa shape index (κ1) is 24.6. The van der Waals surface area contributed by atoms with Crippen LogP contribution in [0.15, 0.2) is 0 Å². The maximum atomic E-state index is 3.41. The largest absolute Gasteiger partial charge is 0.103 e. The Morgan fingerprint density at radius 3 is 1.56 bits per heavy atom. The normalized spacial score (nSPS) is 13.3. The molecule has 0 aromatic heterocycles. The fourth-order valence-electron chi connectivity index (χ4n) is 3.67. The van der Waals surface area contributed by atoms with Gasteiger partial charge in [0.15, 0.2) is 0 Å². The SMILES string of the molecule is CCCCCCCCC#CCCCCC(CCCCCC)C(C)CC. The molecule has 0 aliphatic heterocycles. The monoisotopic (exact) mass is 348 g/mol. The van der Waals surface area contributed by atoms with Gasteiger partial charge in [-0.05, 0) is 24.7 Å². The summed E-state index contributed by atoms with van der Waals surface area (Å²) in [6, 6.07) is 0. The van der Waals surface area contributed by atoms with E-state index in [0.29, 0.717) is 0 Å². The molecule has 0 heteroatoms. The molecule has 0 N–H and O–H groups in total. The topological polar surface area (TPSA) is 0 Å². The van der Waals surface area contributed by atoms with Crippen LogP contribution in [0.1, 0.15) is 137 Å². The molecule has 0 aromatic carbocycles. The second-order valence-corrected chi connectivity index (χ2v) is 8.11. The third kappa shape index (κ3) is 16.8. The highest BCUT2D eigenvalue weighted by atomic mass is 14.2. The fraction of sp³-hybridized carbons (Fsp3) is 0.920. The number of rotatable bonds is 17. The van der Waals surface area contributed by atoms with E-state index in [1.165, 1.54) is 96.3 Å². The van der Waals surface area contributed by atoms with Gasteiger partial charge >= 0.3 is 0 Å². The van der Waals surface area contributed by atoms with Crippen LogP contribution in [0.3, 0.4) is 0 Å². The highest BCUT2D eigenvalue weighted by molar-refractivity contribution is 4.98. The molecule has 148 valence electrons. The Balaban J connectivity index is 3.65. The molecule has 0 rings (SSSR count). The number of hydrogen-bond donors (Lipinski definition) is 0. The smallest absolute Gasteiger partial charge is 0.00886 e. The van der Waals surface area contributed by atoms with Gasteiger partial charge in [0.25, 0.3) is 0 Å². The van der Waals surface area contributed by atoms with E-state index < -0.39 is 0 Å².